The van der Waals surface area contributed by atoms with E-state index in [4.69, 9.17) is 4.74 Å². The minimum atomic E-state index is 0. The van der Waals surface area contributed by atoms with Crippen molar-refractivity contribution in [2.24, 2.45) is 10.4 Å². The summed E-state index contributed by atoms with van der Waals surface area (Å²) in [5.74, 6) is 0.896. The van der Waals surface area contributed by atoms with Crippen molar-refractivity contribution in [1.29, 1.82) is 0 Å². The summed E-state index contributed by atoms with van der Waals surface area (Å²) in [6, 6.07) is 10.6. The summed E-state index contributed by atoms with van der Waals surface area (Å²) in [5.41, 5.74) is 1.76. The maximum Gasteiger partial charge on any atom is 0.191 e. The molecule has 0 amide bonds. The van der Waals surface area contributed by atoms with Gasteiger partial charge in [-0.25, -0.2) is 0 Å². The summed E-state index contributed by atoms with van der Waals surface area (Å²) >= 11 is 0. The molecular formula is C21H36IN3O. The van der Waals surface area contributed by atoms with Crippen LogP contribution < -0.4 is 10.6 Å². The maximum atomic E-state index is 5.33. The fraction of sp³-hybridized carbons (Fsp3) is 0.667. The molecule has 1 aliphatic rings. The lowest BCUT2D eigenvalue weighted by atomic mass is 9.83. The molecule has 0 aliphatic heterocycles. The van der Waals surface area contributed by atoms with Gasteiger partial charge in [-0.3, -0.25) is 4.99 Å². The van der Waals surface area contributed by atoms with E-state index in [0.29, 0.717) is 5.41 Å². The van der Waals surface area contributed by atoms with Gasteiger partial charge in [0.1, 0.15) is 0 Å². The molecule has 0 aromatic heterocycles. The van der Waals surface area contributed by atoms with Crippen LogP contribution in [-0.2, 0) is 10.2 Å². The van der Waals surface area contributed by atoms with Crippen LogP contribution in [0.2, 0.25) is 0 Å². The van der Waals surface area contributed by atoms with Crippen molar-refractivity contribution >= 4 is 29.9 Å². The van der Waals surface area contributed by atoms with E-state index in [1.807, 2.05) is 7.05 Å². The van der Waals surface area contributed by atoms with Crippen LogP contribution in [0.1, 0.15) is 51.5 Å². The molecular weight excluding hydrogens is 437 g/mol. The van der Waals surface area contributed by atoms with Gasteiger partial charge in [-0.15, -0.1) is 24.0 Å². The molecule has 4 nitrogen and oxygen atoms in total. The predicted molar refractivity (Wildman–Crippen MR) is 122 cm³/mol. The van der Waals surface area contributed by atoms with Crippen LogP contribution in [0.5, 0.6) is 0 Å². The molecule has 0 unspecified atom stereocenters. The zero-order valence-corrected chi connectivity index (χ0v) is 19.1. The van der Waals surface area contributed by atoms with Gasteiger partial charge >= 0.3 is 0 Å². The van der Waals surface area contributed by atoms with Crippen molar-refractivity contribution in [1.82, 2.24) is 10.6 Å². The molecule has 1 fully saturated rings. The van der Waals surface area contributed by atoms with E-state index in [9.17, 15) is 0 Å². The highest BCUT2D eigenvalue weighted by atomic mass is 127. The van der Waals surface area contributed by atoms with E-state index in [2.05, 4.69) is 59.8 Å². The molecule has 0 radical (unpaired) electrons. The number of nitrogens with one attached hydrogen (secondary N) is 2. The van der Waals surface area contributed by atoms with Gasteiger partial charge in [-0.1, -0.05) is 57.0 Å². The first-order valence-electron chi connectivity index (χ1n) is 9.50. The number of methoxy groups -OCH3 is 1. The average molecular weight is 473 g/mol. The molecule has 0 atom stereocenters. The number of halogens is 1. The predicted octanol–water partition coefficient (Wildman–Crippen LogP) is 4.34. The largest absolute Gasteiger partial charge is 0.385 e. The Bertz CT molecular complexity index is 539. The molecule has 148 valence electrons. The summed E-state index contributed by atoms with van der Waals surface area (Å²) in [6.07, 6.45) is 6.37. The average Bonchev–Trinajstić information content (AvgIpc) is 3.10. The molecule has 2 rings (SSSR count). The number of hydrogen-bond donors (Lipinski definition) is 2. The minimum absolute atomic E-state index is 0. The van der Waals surface area contributed by atoms with E-state index >= 15 is 0 Å². The van der Waals surface area contributed by atoms with Crippen molar-refractivity contribution in [3.63, 3.8) is 0 Å². The lowest BCUT2D eigenvalue weighted by Gasteiger charge is -2.31. The topological polar surface area (TPSA) is 45.7 Å². The summed E-state index contributed by atoms with van der Waals surface area (Å²) < 4.78 is 5.33. The summed E-state index contributed by atoms with van der Waals surface area (Å²) in [4.78, 5) is 4.42. The van der Waals surface area contributed by atoms with Crippen molar-refractivity contribution in [3.05, 3.63) is 35.9 Å². The first-order chi connectivity index (χ1) is 12.0. The third-order valence-corrected chi connectivity index (χ3v) is 5.61. The number of guanidine groups is 1. The molecule has 1 saturated carbocycles. The smallest absolute Gasteiger partial charge is 0.191 e. The van der Waals surface area contributed by atoms with Gasteiger partial charge in [0.2, 0.25) is 0 Å². The van der Waals surface area contributed by atoms with E-state index in [1.165, 1.54) is 31.2 Å². The second-order valence-corrected chi connectivity index (χ2v) is 7.98. The molecule has 1 aromatic rings. The highest BCUT2D eigenvalue weighted by Crippen LogP contribution is 2.40. The monoisotopic (exact) mass is 473 g/mol. The Kier molecular flexibility index (Phi) is 9.93. The van der Waals surface area contributed by atoms with Crippen molar-refractivity contribution in [3.8, 4) is 0 Å². The second-order valence-electron chi connectivity index (χ2n) is 7.98. The Morgan fingerprint density at radius 2 is 1.81 bits per heavy atom. The Labute approximate surface area is 176 Å². The SMILES string of the molecule is CN=C(NCC1(CCOC)CCCC1)NCC(C)(C)c1ccccc1.I. The van der Waals surface area contributed by atoms with Gasteiger partial charge in [-0.05, 0) is 30.2 Å². The quantitative estimate of drug-likeness (QED) is 0.336. The Morgan fingerprint density at radius 3 is 2.38 bits per heavy atom. The fourth-order valence-electron chi connectivity index (χ4n) is 3.75. The van der Waals surface area contributed by atoms with Crippen LogP contribution in [0.15, 0.2) is 35.3 Å². The zero-order valence-electron chi connectivity index (χ0n) is 16.8. The number of hydrogen-bond acceptors (Lipinski definition) is 2. The third-order valence-electron chi connectivity index (χ3n) is 5.61. The first-order valence-corrected chi connectivity index (χ1v) is 9.50. The van der Waals surface area contributed by atoms with E-state index in [0.717, 1.165) is 32.1 Å². The normalized spacial score (nSPS) is 16.8. The highest BCUT2D eigenvalue weighted by molar-refractivity contribution is 14.0. The van der Waals surface area contributed by atoms with Gasteiger partial charge in [0.25, 0.3) is 0 Å². The summed E-state index contributed by atoms with van der Waals surface area (Å²) in [6.45, 7) is 7.19. The molecule has 1 aliphatic carbocycles. The number of aliphatic imine (C=N–C) groups is 1. The molecule has 0 spiro atoms. The van der Waals surface area contributed by atoms with Crippen LogP contribution in [0.3, 0.4) is 0 Å². The summed E-state index contributed by atoms with van der Waals surface area (Å²) in [5, 5.41) is 7.08. The van der Waals surface area contributed by atoms with E-state index in [1.54, 1.807) is 7.11 Å². The van der Waals surface area contributed by atoms with E-state index in [-0.39, 0.29) is 29.4 Å². The number of benzene rings is 1. The van der Waals surface area contributed by atoms with Gasteiger partial charge in [0.05, 0.1) is 0 Å². The Hall–Kier alpha value is -0.820. The third kappa shape index (κ3) is 6.72. The highest BCUT2D eigenvalue weighted by Gasteiger charge is 2.33. The van der Waals surface area contributed by atoms with Crippen LogP contribution in [0.25, 0.3) is 0 Å². The van der Waals surface area contributed by atoms with Crippen LogP contribution in [-0.4, -0.2) is 39.8 Å². The minimum Gasteiger partial charge on any atom is -0.385 e. The molecule has 1 aromatic carbocycles. The van der Waals surface area contributed by atoms with Crippen molar-refractivity contribution in [2.45, 2.75) is 51.4 Å². The van der Waals surface area contributed by atoms with Gasteiger partial charge in [-0.2, -0.15) is 0 Å². The van der Waals surface area contributed by atoms with Crippen molar-refractivity contribution < 1.29 is 4.74 Å². The lowest BCUT2D eigenvalue weighted by Crippen LogP contribution is -2.46. The summed E-state index contributed by atoms with van der Waals surface area (Å²) in [7, 11) is 3.64. The fourth-order valence-corrected chi connectivity index (χ4v) is 3.75. The van der Waals surface area contributed by atoms with Gasteiger partial charge < -0.3 is 15.4 Å². The van der Waals surface area contributed by atoms with E-state index < -0.39 is 0 Å². The van der Waals surface area contributed by atoms with Gasteiger partial charge in [0.15, 0.2) is 5.96 Å². The second kappa shape index (κ2) is 11.1. The number of ether oxygens (including phenoxy) is 1. The maximum absolute atomic E-state index is 5.33. The molecule has 26 heavy (non-hydrogen) atoms. The number of nitrogens with zero attached hydrogens (tertiary/aromatic N) is 1. The molecule has 5 heteroatoms. The molecule has 0 saturated heterocycles. The Morgan fingerprint density at radius 1 is 1.15 bits per heavy atom. The van der Waals surface area contributed by atoms with Gasteiger partial charge in [0, 0.05) is 39.3 Å². The lowest BCUT2D eigenvalue weighted by molar-refractivity contribution is 0.138. The number of rotatable bonds is 8. The van der Waals surface area contributed by atoms with Crippen LogP contribution in [0.4, 0.5) is 0 Å². The first kappa shape index (κ1) is 23.2. The molecule has 2 N–H and O–H groups in total. The van der Waals surface area contributed by atoms with Crippen molar-refractivity contribution in [2.75, 3.05) is 33.9 Å². The van der Waals surface area contributed by atoms with Crippen LogP contribution in [0, 0.1) is 5.41 Å². The standard InChI is InChI=1S/C21H35N3O.HI/c1-20(2,18-10-6-5-7-11-18)16-23-19(22-3)24-17-21(14-15-25-4)12-8-9-13-21;/h5-7,10-11H,8-9,12-17H2,1-4H3,(H2,22,23,24);1H. The van der Waals surface area contributed by atoms with Crippen LogP contribution >= 0.6 is 24.0 Å². The molecule has 0 heterocycles. The molecule has 0 bridgehead atoms. The zero-order chi connectivity index (χ0) is 18.2. The Balaban J connectivity index is 0.00000338.